The Balaban J connectivity index is 1.87. The topological polar surface area (TPSA) is 36.4 Å². The van der Waals surface area contributed by atoms with Crippen LogP contribution in [0.5, 0.6) is 0 Å². The summed E-state index contributed by atoms with van der Waals surface area (Å²) >= 11 is 0. The van der Waals surface area contributed by atoms with Crippen molar-refractivity contribution >= 4 is 5.78 Å². The molecule has 0 aromatic carbocycles. The molecule has 20 heavy (non-hydrogen) atoms. The van der Waals surface area contributed by atoms with Crippen molar-refractivity contribution in [3.63, 3.8) is 0 Å². The predicted octanol–water partition coefficient (Wildman–Crippen LogP) is 1.82. The molecule has 1 aliphatic heterocycles. The van der Waals surface area contributed by atoms with Crippen LogP contribution in [0.15, 0.2) is 18.3 Å². The summed E-state index contributed by atoms with van der Waals surface area (Å²) in [6, 6.07) is 3.19. The molecule has 5 heteroatoms. The minimum absolute atomic E-state index is 0.0187. The van der Waals surface area contributed by atoms with Crippen LogP contribution in [0, 0.1) is 5.82 Å². The number of carbonyl (C=O) groups excluding carboxylic acids is 1. The number of pyridine rings is 1. The molecule has 2 rings (SSSR count). The maximum atomic E-state index is 12.8. The molecule has 0 radical (unpaired) electrons. The lowest BCUT2D eigenvalue weighted by molar-refractivity contribution is 0.0948. The fourth-order valence-electron chi connectivity index (χ4n) is 2.67. The average molecular weight is 279 g/mol. The van der Waals surface area contributed by atoms with Crippen LogP contribution in [0.25, 0.3) is 0 Å². The number of ketones is 1. The largest absolute Gasteiger partial charge is 0.305 e. The van der Waals surface area contributed by atoms with Crippen LogP contribution in [0.2, 0.25) is 0 Å². The van der Waals surface area contributed by atoms with Gasteiger partial charge in [0, 0.05) is 25.6 Å². The number of rotatable bonds is 4. The number of halogens is 1. The molecular weight excluding hydrogens is 257 g/mol. The van der Waals surface area contributed by atoms with Crippen molar-refractivity contribution in [2.75, 3.05) is 33.2 Å². The first-order valence-electron chi connectivity index (χ1n) is 7.13. The van der Waals surface area contributed by atoms with E-state index in [1.807, 2.05) is 0 Å². The van der Waals surface area contributed by atoms with Gasteiger partial charge in [0.05, 0.1) is 6.20 Å². The molecule has 1 aromatic heterocycles. The highest BCUT2D eigenvalue weighted by molar-refractivity contribution is 5.94. The molecule has 1 aliphatic rings. The molecule has 0 amide bonds. The summed E-state index contributed by atoms with van der Waals surface area (Å²) < 4.78 is 12.8. The maximum absolute atomic E-state index is 12.8. The molecule has 1 saturated heterocycles. The van der Waals surface area contributed by atoms with Crippen molar-refractivity contribution in [2.45, 2.75) is 25.8 Å². The van der Waals surface area contributed by atoms with E-state index in [0.29, 0.717) is 18.2 Å². The number of Topliss-reactive ketones (excluding diaryl/α,β-unsaturated/α-hetero) is 1. The Morgan fingerprint density at radius 2 is 2.25 bits per heavy atom. The van der Waals surface area contributed by atoms with E-state index < -0.39 is 5.82 Å². The third kappa shape index (κ3) is 4.08. The molecule has 2 heterocycles. The second-order valence-corrected chi connectivity index (χ2v) is 5.54. The summed E-state index contributed by atoms with van der Waals surface area (Å²) in [5.74, 6) is -0.430. The zero-order valence-corrected chi connectivity index (χ0v) is 12.2. The Labute approximate surface area is 119 Å². The number of aromatic nitrogens is 1. The van der Waals surface area contributed by atoms with Gasteiger partial charge in [0.1, 0.15) is 11.5 Å². The Bertz CT molecular complexity index is 449. The number of likely N-dealkylation sites (N-methyl/N-ethyl adjacent to an activating group) is 1. The van der Waals surface area contributed by atoms with Crippen LogP contribution in [0.1, 0.15) is 30.3 Å². The monoisotopic (exact) mass is 279 g/mol. The predicted molar refractivity (Wildman–Crippen MR) is 76.3 cm³/mol. The normalized spacial score (nSPS) is 21.6. The van der Waals surface area contributed by atoms with Crippen LogP contribution in [0.4, 0.5) is 4.39 Å². The number of nitrogens with zero attached hydrogens (tertiary/aromatic N) is 3. The van der Waals surface area contributed by atoms with E-state index in [-0.39, 0.29) is 5.78 Å². The lowest BCUT2D eigenvalue weighted by atomic mass is 10.1. The lowest BCUT2D eigenvalue weighted by Gasteiger charge is -2.27. The van der Waals surface area contributed by atoms with Crippen LogP contribution < -0.4 is 0 Å². The summed E-state index contributed by atoms with van der Waals surface area (Å²) in [5.41, 5.74) is 0.353. The van der Waals surface area contributed by atoms with Crippen molar-refractivity contribution in [1.29, 1.82) is 0 Å². The van der Waals surface area contributed by atoms with Crippen molar-refractivity contribution in [3.8, 4) is 0 Å². The van der Waals surface area contributed by atoms with Gasteiger partial charge in [-0.05, 0) is 45.6 Å². The van der Waals surface area contributed by atoms with Crippen molar-refractivity contribution in [1.82, 2.24) is 14.8 Å². The van der Waals surface area contributed by atoms with Gasteiger partial charge in [0.2, 0.25) is 0 Å². The van der Waals surface area contributed by atoms with E-state index in [9.17, 15) is 9.18 Å². The van der Waals surface area contributed by atoms with E-state index >= 15 is 0 Å². The van der Waals surface area contributed by atoms with Crippen LogP contribution >= 0.6 is 0 Å². The maximum Gasteiger partial charge on any atom is 0.182 e. The van der Waals surface area contributed by atoms with Gasteiger partial charge in [0.25, 0.3) is 0 Å². The standard InChI is InChI=1S/C15H22FN3O/c1-12-11-18(2)7-3-8-19(12)9-6-15(20)14-5-4-13(16)10-17-14/h4-5,10,12H,3,6-9,11H2,1-2H3. The van der Waals surface area contributed by atoms with Crippen molar-refractivity contribution in [3.05, 3.63) is 29.8 Å². The second kappa shape index (κ2) is 6.90. The zero-order valence-electron chi connectivity index (χ0n) is 12.2. The molecule has 1 unspecified atom stereocenters. The molecule has 1 fully saturated rings. The van der Waals surface area contributed by atoms with Crippen molar-refractivity contribution < 1.29 is 9.18 Å². The van der Waals surface area contributed by atoms with E-state index in [1.165, 1.54) is 12.1 Å². The molecule has 1 atom stereocenters. The minimum atomic E-state index is -0.411. The second-order valence-electron chi connectivity index (χ2n) is 5.54. The Morgan fingerprint density at radius 3 is 2.95 bits per heavy atom. The van der Waals surface area contributed by atoms with Crippen molar-refractivity contribution in [2.24, 2.45) is 0 Å². The number of hydrogen-bond acceptors (Lipinski definition) is 4. The first-order chi connectivity index (χ1) is 9.56. The van der Waals surface area contributed by atoms with Crippen LogP contribution in [-0.4, -0.2) is 59.8 Å². The Kier molecular flexibility index (Phi) is 5.20. The van der Waals surface area contributed by atoms with Crippen LogP contribution in [0.3, 0.4) is 0 Å². The van der Waals surface area contributed by atoms with Gasteiger partial charge in [-0.2, -0.15) is 0 Å². The first kappa shape index (κ1) is 15.1. The summed E-state index contributed by atoms with van der Waals surface area (Å²) in [4.78, 5) is 20.6. The van der Waals surface area contributed by atoms with E-state index in [0.717, 1.165) is 38.8 Å². The Morgan fingerprint density at radius 1 is 1.45 bits per heavy atom. The summed E-state index contributed by atoms with van der Waals surface area (Å²) in [6.07, 6.45) is 2.66. The molecule has 110 valence electrons. The van der Waals surface area contributed by atoms with Gasteiger partial charge in [-0.15, -0.1) is 0 Å². The highest BCUT2D eigenvalue weighted by atomic mass is 19.1. The SMILES string of the molecule is CC1CN(C)CCCN1CCC(=O)c1ccc(F)cn1. The molecule has 0 spiro atoms. The number of carbonyl (C=O) groups is 1. The highest BCUT2D eigenvalue weighted by Gasteiger charge is 2.20. The highest BCUT2D eigenvalue weighted by Crippen LogP contribution is 2.10. The molecular formula is C15H22FN3O. The van der Waals surface area contributed by atoms with Gasteiger partial charge in [-0.1, -0.05) is 0 Å². The molecule has 0 N–H and O–H groups in total. The average Bonchev–Trinajstić information content (AvgIpc) is 2.57. The summed E-state index contributed by atoms with van der Waals surface area (Å²) in [6.45, 7) is 6.10. The minimum Gasteiger partial charge on any atom is -0.305 e. The molecule has 0 aliphatic carbocycles. The third-order valence-corrected chi connectivity index (χ3v) is 3.82. The number of hydrogen-bond donors (Lipinski definition) is 0. The molecule has 4 nitrogen and oxygen atoms in total. The summed E-state index contributed by atoms with van der Waals surface area (Å²) in [7, 11) is 2.13. The van der Waals surface area contributed by atoms with Gasteiger partial charge < -0.3 is 4.90 Å². The summed E-state index contributed by atoms with van der Waals surface area (Å²) in [5, 5.41) is 0. The van der Waals surface area contributed by atoms with Gasteiger partial charge in [-0.3, -0.25) is 14.7 Å². The van der Waals surface area contributed by atoms with E-state index in [4.69, 9.17) is 0 Å². The smallest absolute Gasteiger partial charge is 0.182 e. The molecule has 0 bridgehead atoms. The van der Waals surface area contributed by atoms with Gasteiger partial charge >= 0.3 is 0 Å². The fourth-order valence-corrected chi connectivity index (χ4v) is 2.67. The zero-order chi connectivity index (χ0) is 14.5. The lowest BCUT2D eigenvalue weighted by Crippen LogP contribution is -2.39. The van der Waals surface area contributed by atoms with Crippen LogP contribution in [-0.2, 0) is 0 Å². The van der Waals surface area contributed by atoms with Gasteiger partial charge in [-0.25, -0.2) is 4.39 Å². The first-order valence-corrected chi connectivity index (χ1v) is 7.13. The van der Waals surface area contributed by atoms with Gasteiger partial charge in [0.15, 0.2) is 5.78 Å². The molecule has 0 saturated carbocycles. The third-order valence-electron chi connectivity index (χ3n) is 3.82. The Hall–Kier alpha value is -1.33. The van der Waals surface area contributed by atoms with E-state index in [2.05, 4.69) is 28.8 Å². The fraction of sp³-hybridized carbons (Fsp3) is 0.600. The quantitative estimate of drug-likeness (QED) is 0.788. The van der Waals surface area contributed by atoms with E-state index in [1.54, 1.807) is 0 Å². The molecule has 1 aromatic rings.